The fraction of sp³-hybridized carbons (Fsp3) is 0.625. The molecule has 1 aromatic rings. The van der Waals surface area contributed by atoms with Crippen molar-refractivity contribution in [3.63, 3.8) is 0 Å². The highest BCUT2D eigenvalue weighted by Crippen LogP contribution is 2.32. The second-order valence-corrected chi connectivity index (χ2v) is 5.71. The number of nitrogens with zero attached hydrogens (tertiary/aromatic N) is 1. The number of piperidine rings is 1. The van der Waals surface area contributed by atoms with Crippen LogP contribution in [0.15, 0.2) is 18.2 Å². The Bertz CT molecular complexity index is 450. The van der Waals surface area contributed by atoms with E-state index in [0.29, 0.717) is 6.79 Å². The molecule has 0 unspecified atom stereocenters. The molecule has 3 rings (SSSR count). The van der Waals surface area contributed by atoms with Crippen molar-refractivity contribution in [2.24, 2.45) is 5.92 Å². The third kappa shape index (κ3) is 4.25. The van der Waals surface area contributed by atoms with Gasteiger partial charge in [-0.05, 0) is 56.1 Å². The molecule has 0 aliphatic carbocycles. The zero-order chi connectivity index (χ0) is 13.8. The van der Waals surface area contributed by atoms with Gasteiger partial charge in [0.05, 0.1) is 0 Å². The third-order valence-electron chi connectivity index (χ3n) is 4.27. The summed E-state index contributed by atoms with van der Waals surface area (Å²) in [4.78, 5) is 2.54. The first-order valence-electron chi connectivity index (χ1n) is 7.66. The maximum Gasteiger partial charge on any atom is 0.231 e. The maximum absolute atomic E-state index is 5.46. The van der Waals surface area contributed by atoms with Gasteiger partial charge in [0, 0.05) is 13.1 Å². The van der Waals surface area contributed by atoms with E-state index in [1.807, 2.05) is 6.07 Å². The van der Waals surface area contributed by atoms with Crippen LogP contribution in [0.5, 0.6) is 11.5 Å². The molecule has 1 N–H and O–H groups in total. The zero-order valence-electron chi connectivity index (χ0n) is 12.6. The van der Waals surface area contributed by atoms with Crippen LogP contribution in [-0.4, -0.2) is 37.9 Å². The van der Waals surface area contributed by atoms with E-state index < -0.39 is 0 Å². The molecule has 0 radical (unpaired) electrons. The first-order valence-corrected chi connectivity index (χ1v) is 7.66. The second kappa shape index (κ2) is 7.87. The summed E-state index contributed by atoms with van der Waals surface area (Å²) < 4.78 is 10.8. The van der Waals surface area contributed by atoms with Crippen molar-refractivity contribution in [2.45, 2.75) is 26.3 Å². The Labute approximate surface area is 133 Å². The van der Waals surface area contributed by atoms with E-state index in [4.69, 9.17) is 9.47 Å². The standard InChI is InChI=1S/C16H24N2O2.ClH/c1-2-18(10-13-5-7-17-8-6-13)11-14-3-4-15-16(9-14)20-12-19-15;/h3-4,9,13,17H,2,5-8,10-12H2,1H3;1H. The topological polar surface area (TPSA) is 33.7 Å². The average molecular weight is 313 g/mol. The van der Waals surface area contributed by atoms with Crippen molar-refractivity contribution >= 4 is 12.4 Å². The van der Waals surface area contributed by atoms with E-state index in [2.05, 4.69) is 29.3 Å². The normalized spacial score (nSPS) is 17.8. The largest absolute Gasteiger partial charge is 0.454 e. The Hall–Kier alpha value is -0.970. The summed E-state index contributed by atoms with van der Waals surface area (Å²) in [7, 11) is 0. The smallest absolute Gasteiger partial charge is 0.231 e. The molecule has 1 fully saturated rings. The zero-order valence-corrected chi connectivity index (χ0v) is 13.5. The highest BCUT2D eigenvalue weighted by molar-refractivity contribution is 5.85. The highest BCUT2D eigenvalue weighted by Gasteiger charge is 2.18. The molecule has 0 aromatic heterocycles. The predicted molar refractivity (Wildman–Crippen MR) is 86.4 cm³/mol. The molecule has 4 nitrogen and oxygen atoms in total. The van der Waals surface area contributed by atoms with Crippen molar-refractivity contribution in [1.82, 2.24) is 10.2 Å². The van der Waals surface area contributed by atoms with E-state index in [9.17, 15) is 0 Å². The van der Waals surface area contributed by atoms with Gasteiger partial charge in [0.25, 0.3) is 0 Å². The van der Waals surface area contributed by atoms with Crippen LogP contribution in [0.2, 0.25) is 0 Å². The Morgan fingerprint density at radius 1 is 1.19 bits per heavy atom. The van der Waals surface area contributed by atoms with Gasteiger partial charge in [0.2, 0.25) is 6.79 Å². The summed E-state index contributed by atoms with van der Waals surface area (Å²) in [5, 5.41) is 3.43. The fourth-order valence-electron chi connectivity index (χ4n) is 3.03. The molecule has 2 aliphatic rings. The maximum atomic E-state index is 5.46. The number of rotatable bonds is 5. The van der Waals surface area contributed by atoms with Gasteiger partial charge in [-0.3, -0.25) is 4.90 Å². The minimum atomic E-state index is 0. The van der Waals surface area contributed by atoms with Crippen LogP contribution in [0.25, 0.3) is 0 Å². The van der Waals surface area contributed by atoms with Crippen LogP contribution in [0.3, 0.4) is 0 Å². The van der Waals surface area contributed by atoms with Crippen LogP contribution in [0.1, 0.15) is 25.3 Å². The van der Waals surface area contributed by atoms with Crippen molar-refractivity contribution in [1.29, 1.82) is 0 Å². The SMILES string of the molecule is CCN(Cc1ccc2c(c1)OCO2)CC1CCNCC1.Cl. The van der Waals surface area contributed by atoms with Gasteiger partial charge in [0.15, 0.2) is 11.5 Å². The molecule has 0 spiro atoms. The lowest BCUT2D eigenvalue weighted by atomic mass is 9.97. The summed E-state index contributed by atoms with van der Waals surface area (Å²) >= 11 is 0. The minimum Gasteiger partial charge on any atom is -0.454 e. The van der Waals surface area contributed by atoms with Crippen molar-refractivity contribution < 1.29 is 9.47 Å². The summed E-state index contributed by atoms with van der Waals surface area (Å²) in [6, 6.07) is 6.29. The third-order valence-corrected chi connectivity index (χ3v) is 4.27. The van der Waals surface area contributed by atoms with Crippen LogP contribution < -0.4 is 14.8 Å². The molecule has 0 saturated carbocycles. The molecule has 2 heterocycles. The second-order valence-electron chi connectivity index (χ2n) is 5.71. The molecule has 118 valence electrons. The molecule has 5 heteroatoms. The van der Waals surface area contributed by atoms with E-state index in [1.54, 1.807) is 0 Å². The van der Waals surface area contributed by atoms with Gasteiger partial charge in [-0.2, -0.15) is 0 Å². The number of nitrogens with one attached hydrogen (secondary N) is 1. The molecular weight excluding hydrogens is 288 g/mol. The van der Waals surface area contributed by atoms with Crippen LogP contribution in [-0.2, 0) is 6.54 Å². The molecule has 21 heavy (non-hydrogen) atoms. The highest BCUT2D eigenvalue weighted by atomic mass is 35.5. The van der Waals surface area contributed by atoms with Crippen molar-refractivity contribution in [2.75, 3.05) is 33.0 Å². The van der Waals surface area contributed by atoms with Gasteiger partial charge in [0.1, 0.15) is 0 Å². The fourth-order valence-corrected chi connectivity index (χ4v) is 3.03. The Kier molecular flexibility index (Phi) is 6.15. The van der Waals surface area contributed by atoms with Crippen LogP contribution in [0.4, 0.5) is 0 Å². The number of hydrogen-bond acceptors (Lipinski definition) is 4. The van der Waals surface area contributed by atoms with E-state index in [1.165, 1.54) is 38.0 Å². The average Bonchev–Trinajstić information content (AvgIpc) is 2.95. The molecule has 0 bridgehead atoms. The van der Waals surface area contributed by atoms with Crippen molar-refractivity contribution in [3.8, 4) is 11.5 Å². The summed E-state index contributed by atoms with van der Waals surface area (Å²) in [5.41, 5.74) is 1.31. The van der Waals surface area contributed by atoms with Gasteiger partial charge in [-0.15, -0.1) is 12.4 Å². The molecule has 0 amide bonds. The lowest BCUT2D eigenvalue weighted by molar-refractivity contribution is 0.173. The van der Waals surface area contributed by atoms with Gasteiger partial charge in [-0.25, -0.2) is 0 Å². The van der Waals surface area contributed by atoms with Crippen molar-refractivity contribution in [3.05, 3.63) is 23.8 Å². The number of benzene rings is 1. The monoisotopic (exact) mass is 312 g/mol. The van der Waals surface area contributed by atoms with Gasteiger partial charge < -0.3 is 14.8 Å². The van der Waals surface area contributed by atoms with E-state index in [-0.39, 0.29) is 12.4 Å². The molecule has 2 aliphatic heterocycles. The molecule has 1 saturated heterocycles. The number of fused-ring (bicyclic) bond motifs is 1. The molecule has 0 atom stereocenters. The number of halogens is 1. The summed E-state index contributed by atoms with van der Waals surface area (Å²) in [6.07, 6.45) is 2.61. The molecular formula is C16H25ClN2O2. The first-order chi connectivity index (χ1) is 9.85. The number of hydrogen-bond donors (Lipinski definition) is 1. The lowest BCUT2D eigenvalue weighted by Crippen LogP contribution is -2.35. The van der Waals surface area contributed by atoms with Gasteiger partial charge in [-0.1, -0.05) is 13.0 Å². The van der Waals surface area contributed by atoms with E-state index in [0.717, 1.165) is 30.5 Å². The Morgan fingerprint density at radius 3 is 2.71 bits per heavy atom. The summed E-state index contributed by atoms with van der Waals surface area (Å²) in [5.74, 6) is 2.60. The number of ether oxygens (including phenoxy) is 2. The summed E-state index contributed by atoms with van der Waals surface area (Å²) in [6.45, 7) is 8.24. The Balaban J connectivity index is 0.00000161. The van der Waals surface area contributed by atoms with Gasteiger partial charge >= 0.3 is 0 Å². The lowest BCUT2D eigenvalue weighted by Gasteiger charge is -2.29. The van der Waals surface area contributed by atoms with Crippen LogP contribution >= 0.6 is 12.4 Å². The first kappa shape index (κ1) is 16.4. The van der Waals surface area contributed by atoms with Crippen LogP contribution in [0, 0.1) is 5.92 Å². The predicted octanol–water partition coefficient (Wildman–Crippen LogP) is 2.66. The quantitative estimate of drug-likeness (QED) is 0.906. The Morgan fingerprint density at radius 2 is 1.95 bits per heavy atom. The molecule has 1 aromatic carbocycles. The minimum absolute atomic E-state index is 0. The van der Waals surface area contributed by atoms with E-state index >= 15 is 0 Å².